The Labute approximate surface area is 107 Å². The van der Waals surface area contributed by atoms with Gasteiger partial charge in [0.15, 0.2) is 5.78 Å². The zero-order valence-corrected chi connectivity index (χ0v) is 12.0. The Bertz CT molecular complexity index is 178. The van der Waals surface area contributed by atoms with Crippen molar-refractivity contribution in [2.75, 3.05) is 6.61 Å². The van der Waals surface area contributed by atoms with Gasteiger partial charge in [0, 0.05) is 13.0 Å². The normalized spacial score (nSPS) is 12.6. The highest BCUT2D eigenvalue weighted by molar-refractivity contribution is 5.82. The number of carbonyl (C=O) groups excluding carboxylic acids is 1. The number of ether oxygens (including phenoxy) is 1. The Morgan fingerprint density at radius 3 is 2.24 bits per heavy atom. The van der Waals surface area contributed by atoms with Crippen LogP contribution in [0.4, 0.5) is 0 Å². The largest absolute Gasteiger partial charge is 0.370 e. The monoisotopic (exact) mass is 242 g/mol. The van der Waals surface area contributed by atoms with Gasteiger partial charge in [-0.25, -0.2) is 0 Å². The molecule has 0 bridgehead atoms. The van der Waals surface area contributed by atoms with Crippen molar-refractivity contribution in [2.24, 2.45) is 0 Å². The van der Waals surface area contributed by atoms with Crippen LogP contribution in [0.2, 0.25) is 0 Å². The smallest absolute Gasteiger partial charge is 0.161 e. The first-order valence-corrected chi connectivity index (χ1v) is 7.40. The summed E-state index contributed by atoms with van der Waals surface area (Å²) in [7, 11) is 0. The molecule has 0 aromatic rings. The molecule has 1 unspecified atom stereocenters. The fourth-order valence-electron chi connectivity index (χ4n) is 1.94. The summed E-state index contributed by atoms with van der Waals surface area (Å²) in [5.41, 5.74) is 0. The van der Waals surface area contributed by atoms with Gasteiger partial charge in [0.05, 0.1) is 0 Å². The van der Waals surface area contributed by atoms with Crippen LogP contribution in [0.15, 0.2) is 0 Å². The minimum absolute atomic E-state index is 0.128. The second-order valence-corrected chi connectivity index (χ2v) is 4.78. The summed E-state index contributed by atoms with van der Waals surface area (Å²) in [6.07, 6.45) is 9.62. The summed E-state index contributed by atoms with van der Waals surface area (Å²) in [5, 5.41) is 0. The number of ketones is 1. The molecule has 2 nitrogen and oxygen atoms in total. The number of rotatable bonds is 12. The molecule has 0 aliphatic rings. The first kappa shape index (κ1) is 16.6. The minimum Gasteiger partial charge on any atom is -0.370 e. The van der Waals surface area contributed by atoms with E-state index in [0.29, 0.717) is 12.2 Å². The highest BCUT2D eigenvalue weighted by atomic mass is 16.5. The van der Waals surface area contributed by atoms with Gasteiger partial charge in [-0.1, -0.05) is 52.9 Å². The number of carbonyl (C=O) groups is 1. The van der Waals surface area contributed by atoms with E-state index in [4.69, 9.17) is 4.74 Å². The van der Waals surface area contributed by atoms with E-state index in [-0.39, 0.29) is 6.10 Å². The van der Waals surface area contributed by atoms with Crippen molar-refractivity contribution in [3.63, 3.8) is 0 Å². The standard InChI is InChI=1S/C15H30O2/c1-4-7-8-9-10-12-15(17-13-6-3)14(16)11-5-2/h15H,4-13H2,1-3H3. The maximum absolute atomic E-state index is 11.8. The molecule has 0 radical (unpaired) electrons. The molecule has 0 fully saturated rings. The Hall–Kier alpha value is -0.370. The number of unbranched alkanes of at least 4 members (excludes halogenated alkanes) is 4. The molecule has 0 N–H and O–H groups in total. The summed E-state index contributed by atoms with van der Waals surface area (Å²) >= 11 is 0. The van der Waals surface area contributed by atoms with Crippen LogP contribution in [-0.4, -0.2) is 18.5 Å². The third kappa shape index (κ3) is 9.34. The van der Waals surface area contributed by atoms with Crippen LogP contribution in [0.1, 0.15) is 78.6 Å². The van der Waals surface area contributed by atoms with Crippen molar-refractivity contribution in [3.05, 3.63) is 0 Å². The average molecular weight is 242 g/mol. The molecule has 0 aromatic heterocycles. The van der Waals surface area contributed by atoms with E-state index < -0.39 is 0 Å². The summed E-state index contributed by atoms with van der Waals surface area (Å²) < 4.78 is 5.66. The molecular weight excluding hydrogens is 212 g/mol. The van der Waals surface area contributed by atoms with Crippen LogP contribution in [0.25, 0.3) is 0 Å². The summed E-state index contributed by atoms with van der Waals surface area (Å²) in [5.74, 6) is 0.302. The lowest BCUT2D eigenvalue weighted by Gasteiger charge is -2.16. The molecule has 0 saturated carbocycles. The lowest BCUT2D eigenvalue weighted by molar-refractivity contribution is -0.131. The fraction of sp³-hybridized carbons (Fsp3) is 0.933. The van der Waals surface area contributed by atoms with Crippen molar-refractivity contribution in [1.82, 2.24) is 0 Å². The van der Waals surface area contributed by atoms with Crippen LogP contribution >= 0.6 is 0 Å². The summed E-state index contributed by atoms with van der Waals surface area (Å²) in [6, 6.07) is 0. The molecule has 0 rings (SSSR count). The van der Waals surface area contributed by atoms with E-state index in [2.05, 4.69) is 20.8 Å². The zero-order valence-electron chi connectivity index (χ0n) is 12.0. The van der Waals surface area contributed by atoms with Gasteiger partial charge in [0.2, 0.25) is 0 Å². The maximum Gasteiger partial charge on any atom is 0.161 e. The van der Waals surface area contributed by atoms with Gasteiger partial charge in [0.1, 0.15) is 6.10 Å². The molecule has 0 heterocycles. The van der Waals surface area contributed by atoms with Gasteiger partial charge < -0.3 is 4.74 Å². The Morgan fingerprint density at radius 2 is 1.65 bits per heavy atom. The molecule has 17 heavy (non-hydrogen) atoms. The van der Waals surface area contributed by atoms with E-state index in [1.54, 1.807) is 0 Å². The van der Waals surface area contributed by atoms with Crippen LogP contribution in [0.5, 0.6) is 0 Å². The SMILES string of the molecule is CCCCCCCC(OCCC)C(=O)CCC. The van der Waals surface area contributed by atoms with Crippen molar-refractivity contribution >= 4 is 5.78 Å². The molecule has 0 aliphatic carbocycles. The topological polar surface area (TPSA) is 26.3 Å². The predicted molar refractivity (Wildman–Crippen MR) is 73.3 cm³/mol. The predicted octanol–water partition coefficient (Wildman–Crippen LogP) is 4.51. The highest BCUT2D eigenvalue weighted by Gasteiger charge is 2.17. The van der Waals surface area contributed by atoms with Crippen LogP contribution in [-0.2, 0) is 9.53 Å². The lowest BCUT2D eigenvalue weighted by atomic mass is 10.0. The molecule has 0 amide bonds. The number of hydrogen-bond acceptors (Lipinski definition) is 2. The Balaban J connectivity index is 3.80. The first-order valence-electron chi connectivity index (χ1n) is 7.40. The molecule has 2 heteroatoms. The number of hydrogen-bond donors (Lipinski definition) is 0. The van der Waals surface area contributed by atoms with Crippen molar-refractivity contribution < 1.29 is 9.53 Å². The van der Waals surface area contributed by atoms with E-state index in [0.717, 1.165) is 32.3 Å². The van der Waals surface area contributed by atoms with Gasteiger partial charge in [-0.05, 0) is 19.3 Å². The van der Waals surface area contributed by atoms with E-state index in [1.165, 1.54) is 25.7 Å². The third-order valence-corrected chi connectivity index (χ3v) is 2.95. The van der Waals surface area contributed by atoms with Crippen molar-refractivity contribution in [1.29, 1.82) is 0 Å². The first-order chi connectivity index (χ1) is 8.26. The molecule has 1 atom stereocenters. The fourth-order valence-corrected chi connectivity index (χ4v) is 1.94. The molecular formula is C15H30O2. The van der Waals surface area contributed by atoms with Gasteiger partial charge >= 0.3 is 0 Å². The molecule has 0 spiro atoms. The second-order valence-electron chi connectivity index (χ2n) is 4.78. The summed E-state index contributed by atoms with van der Waals surface area (Å²) in [4.78, 5) is 11.8. The van der Waals surface area contributed by atoms with Crippen LogP contribution in [0.3, 0.4) is 0 Å². The van der Waals surface area contributed by atoms with E-state index >= 15 is 0 Å². The number of Topliss-reactive ketones (excluding diaryl/α,β-unsaturated/α-hetero) is 1. The van der Waals surface area contributed by atoms with Gasteiger partial charge in [-0.15, -0.1) is 0 Å². The lowest BCUT2D eigenvalue weighted by Crippen LogP contribution is -2.24. The van der Waals surface area contributed by atoms with Crippen LogP contribution < -0.4 is 0 Å². The van der Waals surface area contributed by atoms with Gasteiger partial charge in [-0.3, -0.25) is 4.79 Å². The molecule has 102 valence electrons. The third-order valence-electron chi connectivity index (χ3n) is 2.95. The summed E-state index contributed by atoms with van der Waals surface area (Å²) in [6.45, 7) is 7.08. The average Bonchev–Trinajstić information content (AvgIpc) is 2.33. The minimum atomic E-state index is -0.128. The van der Waals surface area contributed by atoms with E-state index in [9.17, 15) is 4.79 Å². The van der Waals surface area contributed by atoms with Crippen LogP contribution in [0, 0.1) is 0 Å². The molecule has 0 aliphatic heterocycles. The second kappa shape index (κ2) is 12.1. The maximum atomic E-state index is 11.8. The highest BCUT2D eigenvalue weighted by Crippen LogP contribution is 2.12. The molecule has 0 aromatic carbocycles. The van der Waals surface area contributed by atoms with Gasteiger partial charge in [0.25, 0.3) is 0 Å². The van der Waals surface area contributed by atoms with Crippen molar-refractivity contribution in [3.8, 4) is 0 Å². The molecule has 0 saturated heterocycles. The quantitative estimate of drug-likeness (QED) is 0.471. The van der Waals surface area contributed by atoms with E-state index in [1.807, 2.05) is 0 Å². The Morgan fingerprint density at radius 1 is 0.941 bits per heavy atom. The van der Waals surface area contributed by atoms with Crippen molar-refractivity contribution in [2.45, 2.75) is 84.7 Å². The van der Waals surface area contributed by atoms with Gasteiger partial charge in [-0.2, -0.15) is 0 Å². The zero-order chi connectivity index (χ0) is 12.9. The Kier molecular flexibility index (Phi) is 11.8.